The molecule has 1 atom stereocenters. The van der Waals surface area contributed by atoms with Crippen molar-refractivity contribution < 1.29 is 0 Å². The maximum Gasteiger partial charge on any atom is 0.205 e. The zero-order valence-corrected chi connectivity index (χ0v) is 9.39. The van der Waals surface area contributed by atoms with Gasteiger partial charge in [-0.1, -0.05) is 0 Å². The average molecular weight is 208 g/mol. The smallest absolute Gasteiger partial charge is 0.205 e. The molecule has 15 heavy (non-hydrogen) atoms. The fourth-order valence-electron chi connectivity index (χ4n) is 2.39. The van der Waals surface area contributed by atoms with Gasteiger partial charge in [-0.05, 0) is 32.2 Å². The van der Waals surface area contributed by atoms with Gasteiger partial charge in [0.2, 0.25) is 5.95 Å². The zero-order valence-electron chi connectivity index (χ0n) is 9.39. The van der Waals surface area contributed by atoms with Crippen LogP contribution < -0.4 is 10.6 Å². The van der Waals surface area contributed by atoms with Gasteiger partial charge in [0.25, 0.3) is 0 Å². The molecule has 1 aliphatic heterocycles. The first-order chi connectivity index (χ1) is 7.33. The number of nitrogens with two attached hydrogens (primary N) is 1. The highest BCUT2D eigenvalue weighted by atomic mass is 15.3. The summed E-state index contributed by atoms with van der Waals surface area (Å²) < 4.78 is 2.10. The van der Waals surface area contributed by atoms with Crippen LogP contribution in [0.1, 0.15) is 25.7 Å². The third kappa shape index (κ3) is 2.15. The number of rotatable bonds is 4. The van der Waals surface area contributed by atoms with Crippen molar-refractivity contribution in [1.82, 2.24) is 9.55 Å². The van der Waals surface area contributed by atoms with E-state index in [9.17, 15) is 0 Å². The zero-order chi connectivity index (χ0) is 10.7. The number of imidazole rings is 1. The summed E-state index contributed by atoms with van der Waals surface area (Å²) in [4.78, 5) is 6.84. The Balaban J connectivity index is 2.04. The Hall–Kier alpha value is -1.03. The molecule has 1 unspecified atom stereocenters. The molecule has 4 nitrogen and oxygen atoms in total. The first kappa shape index (κ1) is 10.5. The Morgan fingerprint density at radius 3 is 3.13 bits per heavy atom. The van der Waals surface area contributed by atoms with E-state index in [1.165, 1.54) is 19.3 Å². The molecule has 0 spiro atoms. The van der Waals surface area contributed by atoms with Gasteiger partial charge in [0.15, 0.2) is 0 Å². The highest BCUT2D eigenvalue weighted by Crippen LogP contribution is 2.26. The molecule has 1 saturated heterocycles. The van der Waals surface area contributed by atoms with Crippen molar-refractivity contribution in [3.63, 3.8) is 0 Å². The summed E-state index contributed by atoms with van der Waals surface area (Å²) in [6.45, 7) is 1.94. The van der Waals surface area contributed by atoms with Crippen LogP contribution in [0.2, 0.25) is 0 Å². The molecule has 84 valence electrons. The highest BCUT2D eigenvalue weighted by molar-refractivity contribution is 5.34. The molecule has 2 rings (SSSR count). The van der Waals surface area contributed by atoms with Crippen molar-refractivity contribution in [2.75, 3.05) is 18.0 Å². The molecule has 0 bridgehead atoms. The van der Waals surface area contributed by atoms with E-state index in [2.05, 4.69) is 21.5 Å². The summed E-state index contributed by atoms with van der Waals surface area (Å²) in [5.41, 5.74) is 5.56. The van der Waals surface area contributed by atoms with Crippen molar-refractivity contribution in [2.45, 2.75) is 31.7 Å². The molecule has 1 aromatic rings. The molecule has 0 saturated carbocycles. The van der Waals surface area contributed by atoms with Crippen molar-refractivity contribution >= 4 is 5.95 Å². The Morgan fingerprint density at radius 2 is 2.47 bits per heavy atom. The largest absolute Gasteiger partial charge is 0.339 e. The number of nitrogens with zero attached hydrogens (tertiary/aromatic N) is 3. The molecule has 0 aromatic carbocycles. The summed E-state index contributed by atoms with van der Waals surface area (Å²) in [6, 6.07) is 0.648. The van der Waals surface area contributed by atoms with E-state index in [0.29, 0.717) is 6.04 Å². The monoisotopic (exact) mass is 208 g/mol. The minimum absolute atomic E-state index is 0.648. The van der Waals surface area contributed by atoms with Crippen LogP contribution in [0.5, 0.6) is 0 Å². The topological polar surface area (TPSA) is 47.1 Å². The van der Waals surface area contributed by atoms with E-state index in [1.807, 2.05) is 12.4 Å². The second-order valence-corrected chi connectivity index (χ2v) is 4.26. The van der Waals surface area contributed by atoms with Crippen LogP contribution in [0.15, 0.2) is 12.4 Å². The number of aromatic nitrogens is 2. The third-order valence-electron chi connectivity index (χ3n) is 3.17. The lowest BCUT2D eigenvalue weighted by Crippen LogP contribution is -2.31. The van der Waals surface area contributed by atoms with Crippen LogP contribution in [-0.4, -0.2) is 28.7 Å². The maximum absolute atomic E-state index is 5.56. The molecule has 0 amide bonds. The lowest BCUT2D eigenvalue weighted by atomic mass is 10.1. The normalized spacial score (nSPS) is 21.2. The molecule has 2 N–H and O–H groups in total. The fraction of sp³-hybridized carbons (Fsp3) is 0.727. The quantitative estimate of drug-likeness (QED) is 0.807. The SMILES string of the molecule is Cn1ccnc1N1CCCC1CCCN. The third-order valence-corrected chi connectivity index (χ3v) is 3.17. The first-order valence-electron chi connectivity index (χ1n) is 5.77. The van der Waals surface area contributed by atoms with E-state index >= 15 is 0 Å². The number of anilines is 1. The van der Waals surface area contributed by atoms with Crippen LogP contribution >= 0.6 is 0 Å². The molecular formula is C11H20N4. The molecule has 0 radical (unpaired) electrons. The van der Waals surface area contributed by atoms with E-state index in [0.717, 1.165) is 25.5 Å². The molecule has 1 fully saturated rings. The minimum atomic E-state index is 0.648. The Labute approximate surface area is 91.1 Å². The van der Waals surface area contributed by atoms with E-state index in [4.69, 9.17) is 5.73 Å². The summed E-state index contributed by atoms with van der Waals surface area (Å²) >= 11 is 0. The van der Waals surface area contributed by atoms with Gasteiger partial charge < -0.3 is 15.2 Å². The Morgan fingerprint density at radius 1 is 1.60 bits per heavy atom. The van der Waals surface area contributed by atoms with Gasteiger partial charge in [-0.25, -0.2) is 4.98 Å². The van der Waals surface area contributed by atoms with Gasteiger partial charge in [0.05, 0.1) is 0 Å². The first-order valence-corrected chi connectivity index (χ1v) is 5.77. The van der Waals surface area contributed by atoms with Gasteiger partial charge in [-0.2, -0.15) is 0 Å². The van der Waals surface area contributed by atoms with Gasteiger partial charge in [0, 0.05) is 32.0 Å². The van der Waals surface area contributed by atoms with E-state index < -0.39 is 0 Å². The van der Waals surface area contributed by atoms with Crippen LogP contribution in [0, 0.1) is 0 Å². The van der Waals surface area contributed by atoms with Gasteiger partial charge in [-0.15, -0.1) is 0 Å². The summed E-state index contributed by atoms with van der Waals surface area (Å²) in [7, 11) is 2.06. The summed E-state index contributed by atoms with van der Waals surface area (Å²) in [5.74, 6) is 1.11. The predicted molar refractivity (Wildman–Crippen MR) is 61.9 cm³/mol. The second kappa shape index (κ2) is 4.66. The maximum atomic E-state index is 5.56. The van der Waals surface area contributed by atoms with Gasteiger partial charge in [0.1, 0.15) is 0 Å². The number of hydrogen-bond acceptors (Lipinski definition) is 3. The van der Waals surface area contributed by atoms with E-state index in [1.54, 1.807) is 0 Å². The summed E-state index contributed by atoms with van der Waals surface area (Å²) in [5, 5.41) is 0. The van der Waals surface area contributed by atoms with E-state index in [-0.39, 0.29) is 0 Å². The fourth-order valence-corrected chi connectivity index (χ4v) is 2.39. The number of aryl methyl sites for hydroxylation is 1. The molecule has 2 heterocycles. The van der Waals surface area contributed by atoms with Gasteiger partial charge >= 0.3 is 0 Å². The highest BCUT2D eigenvalue weighted by Gasteiger charge is 2.26. The van der Waals surface area contributed by atoms with Crippen molar-refractivity contribution in [3.8, 4) is 0 Å². The number of hydrogen-bond donors (Lipinski definition) is 1. The Bertz CT molecular complexity index is 307. The van der Waals surface area contributed by atoms with Crippen LogP contribution in [0.4, 0.5) is 5.95 Å². The molecular weight excluding hydrogens is 188 g/mol. The molecule has 1 aliphatic rings. The molecule has 1 aromatic heterocycles. The van der Waals surface area contributed by atoms with Crippen molar-refractivity contribution in [2.24, 2.45) is 12.8 Å². The second-order valence-electron chi connectivity index (χ2n) is 4.26. The van der Waals surface area contributed by atoms with Gasteiger partial charge in [-0.3, -0.25) is 0 Å². The molecule has 0 aliphatic carbocycles. The van der Waals surface area contributed by atoms with Crippen LogP contribution in [0.3, 0.4) is 0 Å². The average Bonchev–Trinajstić information content (AvgIpc) is 2.82. The van der Waals surface area contributed by atoms with Crippen LogP contribution in [0.25, 0.3) is 0 Å². The minimum Gasteiger partial charge on any atom is -0.339 e. The Kier molecular flexibility index (Phi) is 3.26. The van der Waals surface area contributed by atoms with Crippen LogP contribution in [-0.2, 0) is 7.05 Å². The predicted octanol–water partition coefficient (Wildman–Crippen LogP) is 1.13. The van der Waals surface area contributed by atoms with Crippen molar-refractivity contribution in [3.05, 3.63) is 12.4 Å². The molecule has 4 heteroatoms. The van der Waals surface area contributed by atoms with Crippen molar-refractivity contribution in [1.29, 1.82) is 0 Å². The lowest BCUT2D eigenvalue weighted by Gasteiger charge is -2.25. The standard InChI is InChI=1S/C11H20N4/c1-14-9-7-13-11(14)15-8-3-5-10(15)4-2-6-12/h7,9-10H,2-6,8,12H2,1H3. The lowest BCUT2D eigenvalue weighted by molar-refractivity contribution is 0.573. The summed E-state index contributed by atoms with van der Waals surface area (Å²) in [6.07, 6.45) is 8.76.